The highest BCUT2D eigenvalue weighted by Crippen LogP contribution is 2.40. The molecule has 0 aromatic rings. The molecule has 0 aromatic heterocycles. The minimum Gasteiger partial charge on any atom is -0.392 e. The second kappa shape index (κ2) is 8.50. The maximum Gasteiger partial charge on any atom is 0.0763 e. The van der Waals surface area contributed by atoms with E-state index in [1.807, 2.05) is 19.9 Å². The van der Waals surface area contributed by atoms with Crippen LogP contribution in [0.5, 0.6) is 0 Å². The summed E-state index contributed by atoms with van der Waals surface area (Å²) in [6, 6.07) is 0. The van der Waals surface area contributed by atoms with Crippen LogP contribution in [0.25, 0.3) is 0 Å². The fraction of sp³-hybridized carbons (Fsp3) is 0.600. The Bertz CT molecular complexity index is 490. The highest BCUT2D eigenvalue weighted by atomic mass is 16.3. The predicted molar refractivity (Wildman–Crippen MR) is 94.7 cm³/mol. The van der Waals surface area contributed by atoms with Crippen molar-refractivity contribution in [3.8, 4) is 0 Å². The van der Waals surface area contributed by atoms with Crippen molar-refractivity contribution < 1.29 is 10.2 Å². The van der Waals surface area contributed by atoms with Crippen LogP contribution < -0.4 is 0 Å². The number of aliphatic hydroxyl groups is 2. The second-order valence-electron chi connectivity index (χ2n) is 7.18. The molecule has 124 valence electrons. The molecule has 2 N–H and O–H groups in total. The van der Waals surface area contributed by atoms with E-state index in [4.69, 9.17) is 5.11 Å². The number of rotatable bonds is 6. The van der Waals surface area contributed by atoms with Crippen LogP contribution in [0.3, 0.4) is 0 Å². The zero-order valence-corrected chi connectivity index (χ0v) is 14.8. The molecule has 1 rings (SSSR count). The standard InChI is InChI=1S/C20H32O2/c1-15(13-18(22)14-16(2)10-12-21)8-9-19-17(3)7-6-11-20(19,4)5/h8-10,13,18,21-22H,6-7,11-12,14H2,1-5H3. The van der Waals surface area contributed by atoms with E-state index in [1.165, 1.54) is 30.4 Å². The lowest BCUT2D eigenvalue weighted by atomic mass is 9.72. The average Bonchev–Trinajstić information content (AvgIpc) is 2.37. The smallest absolute Gasteiger partial charge is 0.0763 e. The lowest BCUT2D eigenvalue weighted by Crippen LogP contribution is -2.19. The maximum atomic E-state index is 10.1. The van der Waals surface area contributed by atoms with Gasteiger partial charge in [-0.1, -0.05) is 54.9 Å². The molecule has 0 fully saturated rings. The van der Waals surface area contributed by atoms with E-state index in [-0.39, 0.29) is 12.0 Å². The first-order valence-electron chi connectivity index (χ1n) is 8.27. The summed E-state index contributed by atoms with van der Waals surface area (Å²) in [5.41, 5.74) is 5.26. The second-order valence-corrected chi connectivity index (χ2v) is 7.18. The Hall–Kier alpha value is -1.12. The summed E-state index contributed by atoms with van der Waals surface area (Å²) in [4.78, 5) is 0. The van der Waals surface area contributed by atoms with Crippen LogP contribution in [-0.4, -0.2) is 22.9 Å². The first-order chi connectivity index (χ1) is 10.3. The molecule has 1 atom stereocenters. The van der Waals surface area contributed by atoms with Gasteiger partial charge in [-0.05, 0) is 57.4 Å². The van der Waals surface area contributed by atoms with Crippen molar-refractivity contribution in [2.24, 2.45) is 5.41 Å². The fourth-order valence-electron chi connectivity index (χ4n) is 3.21. The number of aliphatic hydroxyl groups excluding tert-OH is 2. The molecule has 0 aliphatic heterocycles. The summed E-state index contributed by atoms with van der Waals surface area (Å²) in [6.45, 7) is 10.8. The molecule has 0 bridgehead atoms. The number of hydrogen-bond acceptors (Lipinski definition) is 2. The predicted octanol–water partition coefficient (Wildman–Crippen LogP) is 4.71. The third-order valence-corrected chi connectivity index (χ3v) is 4.48. The molecular weight excluding hydrogens is 272 g/mol. The van der Waals surface area contributed by atoms with E-state index in [0.717, 1.165) is 11.1 Å². The van der Waals surface area contributed by atoms with Crippen molar-refractivity contribution in [3.63, 3.8) is 0 Å². The molecule has 22 heavy (non-hydrogen) atoms. The van der Waals surface area contributed by atoms with Gasteiger partial charge in [0.25, 0.3) is 0 Å². The summed E-state index contributed by atoms with van der Waals surface area (Å²) in [7, 11) is 0. The van der Waals surface area contributed by atoms with Crippen molar-refractivity contribution in [1.29, 1.82) is 0 Å². The van der Waals surface area contributed by atoms with Gasteiger partial charge in [0.1, 0.15) is 0 Å². The van der Waals surface area contributed by atoms with Gasteiger partial charge in [-0.15, -0.1) is 0 Å². The van der Waals surface area contributed by atoms with E-state index in [9.17, 15) is 5.11 Å². The monoisotopic (exact) mass is 304 g/mol. The van der Waals surface area contributed by atoms with E-state index < -0.39 is 6.10 Å². The van der Waals surface area contributed by atoms with Gasteiger partial charge >= 0.3 is 0 Å². The Morgan fingerprint density at radius 1 is 1.32 bits per heavy atom. The van der Waals surface area contributed by atoms with E-state index in [2.05, 4.69) is 32.9 Å². The van der Waals surface area contributed by atoms with Crippen molar-refractivity contribution in [1.82, 2.24) is 0 Å². The van der Waals surface area contributed by atoms with Crippen molar-refractivity contribution in [3.05, 3.63) is 46.6 Å². The van der Waals surface area contributed by atoms with E-state index in [0.29, 0.717) is 6.42 Å². The summed E-state index contributed by atoms with van der Waals surface area (Å²) in [5, 5.41) is 18.9. The zero-order chi connectivity index (χ0) is 16.8. The van der Waals surface area contributed by atoms with Crippen molar-refractivity contribution in [2.75, 3.05) is 6.61 Å². The number of hydrogen-bond donors (Lipinski definition) is 2. The van der Waals surface area contributed by atoms with Crippen LogP contribution in [-0.2, 0) is 0 Å². The molecule has 0 aromatic carbocycles. The molecule has 0 amide bonds. The van der Waals surface area contributed by atoms with Crippen LogP contribution in [0.15, 0.2) is 46.6 Å². The largest absolute Gasteiger partial charge is 0.392 e. The van der Waals surface area contributed by atoms with Gasteiger partial charge in [0, 0.05) is 0 Å². The van der Waals surface area contributed by atoms with Gasteiger partial charge in [0.2, 0.25) is 0 Å². The fourth-order valence-corrected chi connectivity index (χ4v) is 3.21. The minimum atomic E-state index is -0.498. The van der Waals surface area contributed by atoms with E-state index in [1.54, 1.807) is 6.08 Å². The molecule has 0 spiro atoms. The Balaban J connectivity index is 2.76. The normalized spacial score (nSPS) is 21.6. The Morgan fingerprint density at radius 3 is 2.59 bits per heavy atom. The van der Waals surface area contributed by atoms with Crippen LogP contribution in [0.1, 0.15) is 60.3 Å². The molecule has 1 aliphatic rings. The van der Waals surface area contributed by atoms with Crippen LogP contribution in [0.4, 0.5) is 0 Å². The molecule has 0 saturated carbocycles. The van der Waals surface area contributed by atoms with Gasteiger partial charge < -0.3 is 10.2 Å². The van der Waals surface area contributed by atoms with Gasteiger partial charge in [0.15, 0.2) is 0 Å². The molecule has 2 nitrogen and oxygen atoms in total. The molecular formula is C20H32O2. The molecule has 1 aliphatic carbocycles. The van der Waals surface area contributed by atoms with E-state index >= 15 is 0 Å². The maximum absolute atomic E-state index is 10.1. The topological polar surface area (TPSA) is 40.5 Å². The van der Waals surface area contributed by atoms with Gasteiger partial charge in [-0.25, -0.2) is 0 Å². The Morgan fingerprint density at radius 2 is 2.00 bits per heavy atom. The Labute approximate surface area is 135 Å². The number of allylic oxidation sites excluding steroid dienone is 5. The Kier molecular flexibility index (Phi) is 7.31. The van der Waals surface area contributed by atoms with Gasteiger partial charge in [-0.2, -0.15) is 0 Å². The molecule has 1 unspecified atom stereocenters. The molecule has 0 heterocycles. The quantitative estimate of drug-likeness (QED) is 0.551. The molecule has 0 saturated heterocycles. The van der Waals surface area contributed by atoms with Crippen LogP contribution in [0.2, 0.25) is 0 Å². The van der Waals surface area contributed by atoms with Gasteiger partial charge in [0.05, 0.1) is 12.7 Å². The zero-order valence-electron chi connectivity index (χ0n) is 14.8. The SMILES string of the molecule is CC(C=CC1=C(C)CCCC1(C)C)=CC(O)CC(C)=CCO. The third-order valence-electron chi connectivity index (χ3n) is 4.48. The summed E-state index contributed by atoms with van der Waals surface area (Å²) in [5.74, 6) is 0. The third kappa shape index (κ3) is 5.94. The molecule has 0 radical (unpaired) electrons. The lowest BCUT2D eigenvalue weighted by molar-refractivity contribution is 0.222. The van der Waals surface area contributed by atoms with Crippen LogP contribution in [0, 0.1) is 5.41 Å². The highest BCUT2D eigenvalue weighted by Gasteiger charge is 2.26. The highest BCUT2D eigenvalue weighted by molar-refractivity contribution is 5.36. The van der Waals surface area contributed by atoms with Crippen molar-refractivity contribution >= 4 is 0 Å². The molecule has 2 heteroatoms. The summed E-state index contributed by atoms with van der Waals surface area (Å²) < 4.78 is 0. The van der Waals surface area contributed by atoms with Crippen LogP contribution >= 0.6 is 0 Å². The minimum absolute atomic E-state index is 0.0314. The average molecular weight is 304 g/mol. The van der Waals surface area contributed by atoms with Gasteiger partial charge in [-0.3, -0.25) is 0 Å². The summed E-state index contributed by atoms with van der Waals surface area (Å²) >= 11 is 0. The first kappa shape index (κ1) is 18.9. The first-order valence-corrected chi connectivity index (χ1v) is 8.27. The van der Waals surface area contributed by atoms with Crippen molar-refractivity contribution in [2.45, 2.75) is 66.4 Å². The lowest BCUT2D eigenvalue weighted by Gasteiger charge is -2.33. The summed E-state index contributed by atoms with van der Waals surface area (Å²) in [6.07, 6.45) is 11.7.